The van der Waals surface area contributed by atoms with Crippen LogP contribution in [0.1, 0.15) is 17.2 Å². The standard InChI is InChI=1S/C11H11FN4O2/c12-8-2-1-7(3-4-13)9(5-8)11(18)10(17)6-15-16-14/h1-2,5,10-11,17-18H,3,6H2. The third-order valence-corrected chi connectivity index (χ3v) is 2.39. The van der Waals surface area contributed by atoms with E-state index in [1.54, 1.807) is 0 Å². The predicted octanol–water partition coefficient (Wildman–Crippen LogP) is 1.60. The fourth-order valence-corrected chi connectivity index (χ4v) is 1.51. The number of nitriles is 1. The predicted molar refractivity (Wildman–Crippen MR) is 60.7 cm³/mol. The molecule has 94 valence electrons. The molecule has 2 atom stereocenters. The molecule has 0 radical (unpaired) electrons. The lowest BCUT2D eigenvalue weighted by molar-refractivity contribution is 0.0238. The van der Waals surface area contributed by atoms with Gasteiger partial charge in [-0.25, -0.2) is 4.39 Å². The summed E-state index contributed by atoms with van der Waals surface area (Å²) in [7, 11) is 0. The highest BCUT2D eigenvalue weighted by molar-refractivity contribution is 5.32. The molecule has 0 heterocycles. The van der Waals surface area contributed by atoms with Gasteiger partial charge in [0.15, 0.2) is 0 Å². The summed E-state index contributed by atoms with van der Waals surface area (Å²) in [5.41, 5.74) is 8.66. The van der Waals surface area contributed by atoms with Crippen molar-refractivity contribution in [2.45, 2.75) is 18.6 Å². The molecule has 0 fully saturated rings. The van der Waals surface area contributed by atoms with E-state index in [2.05, 4.69) is 10.0 Å². The van der Waals surface area contributed by atoms with Gasteiger partial charge >= 0.3 is 0 Å². The molecule has 0 aliphatic heterocycles. The van der Waals surface area contributed by atoms with Crippen LogP contribution in [0.15, 0.2) is 23.3 Å². The zero-order valence-electron chi connectivity index (χ0n) is 9.36. The van der Waals surface area contributed by atoms with Crippen LogP contribution in [0, 0.1) is 17.1 Å². The summed E-state index contributed by atoms with van der Waals surface area (Å²) in [5, 5.41) is 31.2. The third kappa shape index (κ3) is 3.43. The van der Waals surface area contributed by atoms with Crippen LogP contribution in [-0.2, 0) is 6.42 Å². The van der Waals surface area contributed by atoms with Crippen molar-refractivity contribution in [2.75, 3.05) is 6.54 Å². The fourth-order valence-electron chi connectivity index (χ4n) is 1.51. The highest BCUT2D eigenvalue weighted by atomic mass is 19.1. The number of aliphatic hydroxyl groups is 2. The molecule has 7 heteroatoms. The molecule has 0 aliphatic carbocycles. The quantitative estimate of drug-likeness (QED) is 0.470. The Labute approximate surface area is 103 Å². The first-order chi connectivity index (χ1) is 8.60. The maximum atomic E-state index is 13.1. The summed E-state index contributed by atoms with van der Waals surface area (Å²) in [6.45, 7) is -0.333. The second kappa shape index (κ2) is 6.57. The van der Waals surface area contributed by atoms with Crippen molar-refractivity contribution in [3.63, 3.8) is 0 Å². The smallest absolute Gasteiger partial charge is 0.123 e. The van der Waals surface area contributed by atoms with Gasteiger partial charge in [0.1, 0.15) is 11.9 Å². The third-order valence-electron chi connectivity index (χ3n) is 2.39. The van der Waals surface area contributed by atoms with Crippen LogP contribution < -0.4 is 0 Å². The Kier molecular flexibility index (Phi) is 5.08. The van der Waals surface area contributed by atoms with E-state index in [0.717, 1.165) is 6.07 Å². The molecule has 1 aromatic carbocycles. The minimum Gasteiger partial charge on any atom is -0.390 e. The number of benzene rings is 1. The van der Waals surface area contributed by atoms with E-state index in [9.17, 15) is 14.6 Å². The second-order valence-electron chi connectivity index (χ2n) is 3.60. The number of hydrogen-bond donors (Lipinski definition) is 2. The molecule has 0 spiro atoms. The van der Waals surface area contributed by atoms with Crippen molar-refractivity contribution >= 4 is 0 Å². The van der Waals surface area contributed by atoms with Crippen molar-refractivity contribution in [1.29, 1.82) is 5.26 Å². The van der Waals surface area contributed by atoms with Crippen LogP contribution in [0.2, 0.25) is 0 Å². The van der Waals surface area contributed by atoms with Gasteiger partial charge in [0, 0.05) is 4.91 Å². The van der Waals surface area contributed by atoms with Gasteiger partial charge in [0.05, 0.1) is 25.1 Å². The Bertz CT molecular complexity index is 508. The maximum Gasteiger partial charge on any atom is 0.123 e. The van der Waals surface area contributed by atoms with Crippen molar-refractivity contribution < 1.29 is 14.6 Å². The molecule has 1 rings (SSSR count). The number of hydrogen-bond acceptors (Lipinski definition) is 4. The molecule has 2 unspecified atom stereocenters. The zero-order chi connectivity index (χ0) is 13.5. The Morgan fingerprint density at radius 1 is 1.50 bits per heavy atom. The molecule has 0 aromatic heterocycles. The fraction of sp³-hybridized carbons (Fsp3) is 0.364. The summed E-state index contributed by atoms with van der Waals surface area (Å²) >= 11 is 0. The van der Waals surface area contributed by atoms with E-state index in [0.29, 0.717) is 5.56 Å². The summed E-state index contributed by atoms with van der Waals surface area (Å²) in [6, 6.07) is 5.48. The van der Waals surface area contributed by atoms with Crippen LogP contribution in [0.5, 0.6) is 0 Å². The topological polar surface area (TPSA) is 113 Å². The van der Waals surface area contributed by atoms with Gasteiger partial charge < -0.3 is 10.2 Å². The molecule has 0 saturated carbocycles. The first-order valence-corrected chi connectivity index (χ1v) is 5.12. The number of nitrogens with zero attached hydrogens (tertiary/aromatic N) is 4. The van der Waals surface area contributed by atoms with Gasteiger partial charge in [-0.1, -0.05) is 11.2 Å². The van der Waals surface area contributed by atoms with Crippen LogP contribution in [0.3, 0.4) is 0 Å². The average molecular weight is 250 g/mol. The van der Waals surface area contributed by atoms with Crippen LogP contribution in [-0.4, -0.2) is 22.9 Å². The normalized spacial score (nSPS) is 13.2. The van der Waals surface area contributed by atoms with Crippen LogP contribution in [0.25, 0.3) is 10.4 Å². The maximum absolute atomic E-state index is 13.1. The van der Waals surface area contributed by atoms with Crippen molar-refractivity contribution in [3.05, 3.63) is 45.6 Å². The highest BCUT2D eigenvalue weighted by Gasteiger charge is 2.21. The molecule has 0 bridgehead atoms. The summed E-state index contributed by atoms with van der Waals surface area (Å²) < 4.78 is 13.1. The lowest BCUT2D eigenvalue weighted by Crippen LogP contribution is -2.22. The van der Waals surface area contributed by atoms with Gasteiger partial charge in [0.25, 0.3) is 0 Å². The van der Waals surface area contributed by atoms with Crippen molar-refractivity contribution in [2.24, 2.45) is 5.11 Å². The van der Waals surface area contributed by atoms with E-state index >= 15 is 0 Å². The summed E-state index contributed by atoms with van der Waals surface area (Å²) in [6.07, 6.45) is -2.77. The van der Waals surface area contributed by atoms with Crippen molar-refractivity contribution in [3.8, 4) is 6.07 Å². The lowest BCUT2D eigenvalue weighted by atomic mass is 9.97. The average Bonchev–Trinajstić information content (AvgIpc) is 2.37. The van der Waals surface area contributed by atoms with E-state index in [4.69, 9.17) is 10.8 Å². The molecule has 0 saturated heterocycles. The van der Waals surface area contributed by atoms with Gasteiger partial charge in [0.2, 0.25) is 0 Å². The lowest BCUT2D eigenvalue weighted by Gasteiger charge is -2.18. The molecule has 1 aromatic rings. The van der Waals surface area contributed by atoms with Gasteiger partial charge in [-0.2, -0.15) is 5.26 Å². The summed E-state index contributed by atoms with van der Waals surface area (Å²) in [4.78, 5) is 2.46. The van der Waals surface area contributed by atoms with Gasteiger partial charge in [-0.15, -0.1) is 0 Å². The molecule has 18 heavy (non-hydrogen) atoms. The van der Waals surface area contributed by atoms with E-state index in [1.165, 1.54) is 12.1 Å². The highest BCUT2D eigenvalue weighted by Crippen LogP contribution is 2.23. The van der Waals surface area contributed by atoms with E-state index < -0.39 is 18.0 Å². The van der Waals surface area contributed by atoms with E-state index in [1.807, 2.05) is 6.07 Å². The van der Waals surface area contributed by atoms with Crippen LogP contribution >= 0.6 is 0 Å². The van der Waals surface area contributed by atoms with Gasteiger partial charge in [-0.05, 0) is 28.8 Å². The molecular weight excluding hydrogens is 239 g/mol. The minimum atomic E-state index is -1.41. The van der Waals surface area contributed by atoms with E-state index in [-0.39, 0.29) is 18.5 Å². The number of aliphatic hydroxyl groups excluding tert-OH is 2. The first-order valence-electron chi connectivity index (χ1n) is 5.12. The Morgan fingerprint density at radius 2 is 2.22 bits per heavy atom. The molecule has 6 nitrogen and oxygen atoms in total. The van der Waals surface area contributed by atoms with Crippen LogP contribution in [0.4, 0.5) is 4.39 Å². The van der Waals surface area contributed by atoms with Gasteiger partial charge in [-0.3, -0.25) is 0 Å². The second-order valence-corrected chi connectivity index (χ2v) is 3.60. The Balaban J connectivity index is 3.02. The minimum absolute atomic E-state index is 0.0130. The SMILES string of the molecule is N#CCc1ccc(F)cc1C(O)C(O)CN=[N+]=[N-]. The molecule has 0 amide bonds. The zero-order valence-corrected chi connectivity index (χ0v) is 9.36. The monoisotopic (exact) mass is 250 g/mol. The summed E-state index contributed by atoms with van der Waals surface area (Å²) in [5.74, 6) is -0.582. The van der Waals surface area contributed by atoms with Crippen molar-refractivity contribution in [1.82, 2.24) is 0 Å². The Hall–Kier alpha value is -2.13. The first kappa shape index (κ1) is 13.9. The molecule has 0 aliphatic rings. The number of halogens is 1. The number of rotatable bonds is 5. The molecular formula is C11H11FN4O2. The molecule has 2 N–H and O–H groups in total. The Morgan fingerprint density at radius 3 is 2.83 bits per heavy atom. The largest absolute Gasteiger partial charge is 0.390 e. The number of azide groups is 1.